The van der Waals surface area contributed by atoms with E-state index in [1.807, 2.05) is 38.1 Å². The van der Waals surface area contributed by atoms with E-state index in [1.54, 1.807) is 24.6 Å². The van der Waals surface area contributed by atoms with Crippen molar-refractivity contribution < 1.29 is 14.7 Å². The number of carboxylic acid groups (broad SMARTS) is 1. The Morgan fingerprint density at radius 1 is 1.22 bits per heavy atom. The molecule has 23 heavy (non-hydrogen) atoms. The quantitative estimate of drug-likeness (QED) is 0.919. The zero-order chi connectivity index (χ0) is 17.1. The van der Waals surface area contributed by atoms with Gasteiger partial charge < -0.3 is 10.0 Å². The minimum absolute atomic E-state index is 0.219. The van der Waals surface area contributed by atoms with Gasteiger partial charge in [-0.25, -0.2) is 4.68 Å². The summed E-state index contributed by atoms with van der Waals surface area (Å²) in [6.07, 6.45) is 0. The maximum absolute atomic E-state index is 12.6. The zero-order valence-corrected chi connectivity index (χ0v) is 13.8. The van der Waals surface area contributed by atoms with Crippen molar-refractivity contribution >= 4 is 11.9 Å². The first-order chi connectivity index (χ1) is 10.8. The van der Waals surface area contributed by atoms with Gasteiger partial charge in [-0.15, -0.1) is 0 Å². The largest absolute Gasteiger partial charge is 0.480 e. The lowest BCUT2D eigenvalue weighted by Gasteiger charge is -2.23. The Morgan fingerprint density at radius 3 is 2.35 bits per heavy atom. The molecule has 0 unspecified atom stereocenters. The summed E-state index contributed by atoms with van der Waals surface area (Å²) in [5, 5.41) is 13.3. The number of rotatable bonds is 5. The number of nitrogens with zero attached hydrogens (tertiary/aromatic N) is 3. The fourth-order valence-electron chi connectivity index (χ4n) is 2.31. The van der Waals surface area contributed by atoms with E-state index in [4.69, 9.17) is 5.11 Å². The standard InChI is InChI=1S/C17H21N3O3/c1-11(2)19(10-16(21)22)17(23)15-9-13(4)20(18-15)14-7-5-12(3)6-8-14/h5-9,11H,10H2,1-4H3,(H,21,22). The third kappa shape index (κ3) is 3.77. The number of hydrogen-bond acceptors (Lipinski definition) is 3. The molecule has 1 amide bonds. The van der Waals surface area contributed by atoms with Gasteiger partial charge in [0, 0.05) is 11.7 Å². The molecular formula is C17H21N3O3. The Bertz CT molecular complexity index is 717. The molecule has 0 aliphatic heterocycles. The van der Waals surface area contributed by atoms with Gasteiger partial charge in [0.25, 0.3) is 5.91 Å². The van der Waals surface area contributed by atoms with Crippen LogP contribution < -0.4 is 0 Å². The molecule has 0 fully saturated rings. The third-order valence-electron chi connectivity index (χ3n) is 3.57. The van der Waals surface area contributed by atoms with Crippen LogP contribution in [0.3, 0.4) is 0 Å². The highest BCUT2D eigenvalue weighted by molar-refractivity contribution is 5.94. The van der Waals surface area contributed by atoms with Gasteiger partial charge >= 0.3 is 5.97 Å². The second-order valence-corrected chi connectivity index (χ2v) is 5.84. The maximum Gasteiger partial charge on any atom is 0.323 e. The van der Waals surface area contributed by atoms with Crippen LogP contribution in [0.25, 0.3) is 5.69 Å². The van der Waals surface area contributed by atoms with E-state index < -0.39 is 5.97 Å². The molecule has 2 aromatic rings. The fourth-order valence-corrected chi connectivity index (χ4v) is 2.31. The van der Waals surface area contributed by atoms with Crippen molar-refractivity contribution in [2.24, 2.45) is 0 Å². The first-order valence-electron chi connectivity index (χ1n) is 7.46. The van der Waals surface area contributed by atoms with Gasteiger partial charge in [0.1, 0.15) is 6.54 Å². The summed E-state index contributed by atoms with van der Waals surface area (Å²) in [7, 11) is 0. The SMILES string of the molecule is Cc1ccc(-n2nc(C(=O)N(CC(=O)O)C(C)C)cc2C)cc1. The molecule has 0 bridgehead atoms. The number of aliphatic carboxylic acids is 1. The van der Waals surface area contributed by atoms with Gasteiger partial charge in [0.05, 0.1) is 5.69 Å². The molecule has 2 rings (SSSR count). The number of carbonyl (C=O) groups excluding carboxylic acids is 1. The molecule has 0 radical (unpaired) electrons. The van der Waals surface area contributed by atoms with Crippen LogP contribution in [0.2, 0.25) is 0 Å². The summed E-state index contributed by atoms with van der Waals surface area (Å²) in [5.74, 6) is -1.42. The Kier molecular flexibility index (Phi) is 4.83. The van der Waals surface area contributed by atoms with Crippen LogP contribution in [0.5, 0.6) is 0 Å². The topological polar surface area (TPSA) is 75.4 Å². The summed E-state index contributed by atoms with van der Waals surface area (Å²) in [6, 6.07) is 9.27. The van der Waals surface area contributed by atoms with E-state index in [9.17, 15) is 9.59 Å². The first kappa shape index (κ1) is 16.7. The average molecular weight is 315 g/mol. The van der Waals surface area contributed by atoms with E-state index in [0.717, 1.165) is 16.9 Å². The monoisotopic (exact) mass is 315 g/mol. The van der Waals surface area contributed by atoms with E-state index in [1.165, 1.54) is 4.90 Å². The normalized spacial score (nSPS) is 10.8. The number of benzene rings is 1. The molecular weight excluding hydrogens is 294 g/mol. The molecule has 0 aliphatic rings. The van der Waals surface area contributed by atoms with Crippen molar-refractivity contribution in [2.45, 2.75) is 33.7 Å². The second kappa shape index (κ2) is 6.64. The molecule has 0 aliphatic carbocycles. The van der Waals surface area contributed by atoms with E-state index in [2.05, 4.69) is 5.10 Å². The van der Waals surface area contributed by atoms with Crippen molar-refractivity contribution in [3.8, 4) is 5.69 Å². The lowest BCUT2D eigenvalue weighted by Crippen LogP contribution is -2.40. The van der Waals surface area contributed by atoms with E-state index >= 15 is 0 Å². The number of aromatic nitrogens is 2. The van der Waals surface area contributed by atoms with E-state index in [0.29, 0.717) is 0 Å². The Morgan fingerprint density at radius 2 is 1.83 bits per heavy atom. The highest BCUT2D eigenvalue weighted by Crippen LogP contribution is 2.15. The summed E-state index contributed by atoms with van der Waals surface area (Å²) in [5.41, 5.74) is 3.07. The molecule has 0 spiro atoms. The van der Waals surface area contributed by atoms with Crippen molar-refractivity contribution in [1.82, 2.24) is 14.7 Å². The van der Waals surface area contributed by atoms with Crippen molar-refractivity contribution in [3.63, 3.8) is 0 Å². The summed E-state index contributed by atoms with van der Waals surface area (Å²) in [6.45, 7) is 7.09. The molecule has 1 heterocycles. The van der Waals surface area contributed by atoms with Crippen LogP contribution in [-0.2, 0) is 4.79 Å². The van der Waals surface area contributed by atoms with Gasteiger partial charge in [-0.3, -0.25) is 9.59 Å². The highest BCUT2D eigenvalue weighted by atomic mass is 16.4. The molecule has 1 aromatic carbocycles. The van der Waals surface area contributed by atoms with Crippen molar-refractivity contribution in [3.05, 3.63) is 47.3 Å². The Labute approximate surface area is 135 Å². The zero-order valence-electron chi connectivity index (χ0n) is 13.8. The van der Waals surface area contributed by atoms with Crippen LogP contribution in [-0.4, -0.2) is 44.3 Å². The van der Waals surface area contributed by atoms with Crippen LogP contribution in [0.4, 0.5) is 0 Å². The smallest absolute Gasteiger partial charge is 0.323 e. The average Bonchev–Trinajstić information content (AvgIpc) is 2.86. The summed E-state index contributed by atoms with van der Waals surface area (Å²) >= 11 is 0. The number of amides is 1. The molecule has 0 saturated carbocycles. The van der Waals surface area contributed by atoms with Crippen LogP contribution in [0, 0.1) is 13.8 Å². The minimum Gasteiger partial charge on any atom is -0.480 e. The van der Waals surface area contributed by atoms with Crippen molar-refractivity contribution in [2.75, 3.05) is 6.54 Å². The molecule has 122 valence electrons. The molecule has 0 saturated heterocycles. The van der Waals surface area contributed by atoms with Gasteiger partial charge in [0.2, 0.25) is 0 Å². The Hall–Kier alpha value is -2.63. The number of carbonyl (C=O) groups is 2. The van der Waals surface area contributed by atoms with Gasteiger partial charge in [0.15, 0.2) is 5.69 Å². The number of hydrogen-bond donors (Lipinski definition) is 1. The van der Waals surface area contributed by atoms with Crippen molar-refractivity contribution in [1.29, 1.82) is 0 Å². The summed E-state index contributed by atoms with van der Waals surface area (Å²) in [4.78, 5) is 24.8. The molecule has 0 atom stereocenters. The molecule has 1 aromatic heterocycles. The molecule has 1 N–H and O–H groups in total. The van der Waals surface area contributed by atoms with Crippen LogP contribution >= 0.6 is 0 Å². The molecule has 6 nitrogen and oxygen atoms in total. The van der Waals surface area contributed by atoms with Gasteiger partial charge in [-0.2, -0.15) is 5.10 Å². The predicted octanol–water partition coefficient (Wildman–Crippen LogP) is 2.42. The summed E-state index contributed by atoms with van der Waals surface area (Å²) < 4.78 is 1.69. The third-order valence-corrected chi connectivity index (χ3v) is 3.57. The van der Waals surface area contributed by atoms with Gasteiger partial charge in [-0.1, -0.05) is 17.7 Å². The second-order valence-electron chi connectivity index (χ2n) is 5.84. The number of carboxylic acids is 1. The maximum atomic E-state index is 12.6. The predicted molar refractivity (Wildman–Crippen MR) is 86.8 cm³/mol. The lowest BCUT2D eigenvalue weighted by atomic mass is 10.2. The highest BCUT2D eigenvalue weighted by Gasteiger charge is 2.24. The Balaban J connectivity index is 2.34. The van der Waals surface area contributed by atoms with Crippen LogP contribution in [0.15, 0.2) is 30.3 Å². The first-order valence-corrected chi connectivity index (χ1v) is 7.46. The molecule has 6 heteroatoms. The lowest BCUT2D eigenvalue weighted by molar-refractivity contribution is -0.138. The van der Waals surface area contributed by atoms with Gasteiger partial charge in [-0.05, 0) is 45.9 Å². The van der Waals surface area contributed by atoms with E-state index in [-0.39, 0.29) is 24.2 Å². The van der Waals surface area contributed by atoms with Crippen LogP contribution in [0.1, 0.15) is 35.6 Å². The number of aryl methyl sites for hydroxylation is 2. The fraction of sp³-hybridized carbons (Fsp3) is 0.353. The minimum atomic E-state index is -1.04.